The van der Waals surface area contributed by atoms with Gasteiger partial charge >= 0.3 is 0 Å². The van der Waals surface area contributed by atoms with E-state index in [0.717, 1.165) is 6.42 Å². The molecule has 1 N–H and O–H groups in total. The molecule has 1 aromatic rings. The molecule has 1 aromatic carbocycles. The minimum absolute atomic E-state index is 0.156. The van der Waals surface area contributed by atoms with E-state index in [-0.39, 0.29) is 5.41 Å². The molecule has 0 aliphatic heterocycles. The molecule has 0 spiro atoms. The third-order valence-corrected chi connectivity index (χ3v) is 2.69. The topological polar surface area (TPSA) is 20.2 Å². The second-order valence-electron chi connectivity index (χ2n) is 4.26. The lowest BCUT2D eigenvalue weighted by molar-refractivity contribution is 0.467. The number of rotatable bonds is 0. The number of benzene rings is 1. The minimum atomic E-state index is 0.156. The first-order valence-corrected chi connectivity index (χ1v) is 4.60. The zero-order valence-corrected chi connectivity index (χ0v) is 8.04. The van der Waals surface area contributed by atoms with E-state index >= 15 is 0 Å². The van der Waals surface area contributed by atoms with E-state index in [1.807, 2.05) is 12.1 Å². The monoisotopic (exact) mass is 174 g/mol. The molecule has 2 rings (SSSR count). The summed E-state index contributed by atoms with van der Waals surface area (Å²) in [6.45, 7) is 4.41. The van der Waals surface area contributed by atoms with Gasteiger partial charge in [0.15, 0.2) is 0 Å². The van der Waals surface area contributed by atoms with Crippen LogP contribution >= 0.6 is 0 Å². The number of hydrogen-bond acceptors (Lipinski definition) is 1. The first kappa shape index (κ1) is 8.36. The Morgan fingerprint density at radius 3 is 2.85 bits per heavy atom. The molecule has 0 amide bonds. The molecule has 0 saturated carbocycles. The maximum absolute atomic E-state index is 9.40. The quantitative estimate of drug-likeness (QED) is 0.640. The van der Waals surface area contributed by atoms with Crippen LogP contribution in [0.25, 0.3) is 6.08 Å². The number of hydrogen-bond donors (Lipinski definition) is 1. The van der Waals surface area contributed by atoms with Crippen molar-refractivity contribution < 1.29 is 5.11 Å². The van der Waals surface area contributed by atoms with E-state index in [9.17, 15) is 5.11 Å². The summed E-state index contributed by atoms with van der Waals surface area (Å²) in [4.78, 5) is 0. The molecule has 0 bridgehead atoms. The molecule has 1 aliphatic rings. The molecule has 0 heterocycles. The zero-order valence-electron chi connectivity index (χ0n) is 8.04. The summed E-state index contributed by atoms with van der Waals surface area (Å²) >= 11 is 0. The van der Waals surface area contributed by atoms with Crippen LogP contribution in [0.4, 0.5) is 0 Å². The van der Waals surface area contributed by atoms with Gasteiger partial charge < -0.3 is 5.11 Å². The molecule has 0 fully saturated rings. The van der Waals surface area contributed by atoms with E-state index in [0.29, 0.717) is 5.75 Å². The van der Waals surface area contributed by atoms with Crippen LogP contribution in [-0.2, 0) is 5.41 Å². The number of phenolic OH excluding ortho intramolecular Hbond substituents is 1. The van der Waals surface area contributed by atoms with E-state index in [1.54, 1.807) is 6.07 Å². The Bertz CT molecular complexity index is 361. The number of phenols is 1. The average molecular weight is 174 g/mol. The van der Waals surface area contributed by atoms with Gasteiger partial charge in [-0.05, 0) is 35.1 Å². The maximum atomic E-state index is 9.40. The van der Waals surface area contributed by atoms with Gasteiger partial charge in [-0.3, -0.25) is 0 Å². The molecule has 1 aliphatic carbocycles. The standard InChI is InChI=1S/C12H14O/c1-12(2)7-3-4-9-5-6-10(13)8-11(9)12/h3-6,8,13H,7H2,1-2H3. The van der Waals surface area contributed by atoms with Gasteiger partial charge in [0.25, 0.3) is 0 Å². The Hall–Kier alpha value is -1.24. The van der Waals surface area contributed by atoms with Gasteiger partial charge in [0, 0.05) is 0 Å². The van der Waals surface area contributed by atoms with Gasteiger partial charge in [-0.1, -0.05) is 32.1 Å². The highest BCUT2D eigenvalue weighted by atomic mass is 16.3. The fourth-order valence-corrected chi connectivity index (χ4v) is 1.87. The van der Waals surface area contributed by atoms with Crippen LogP contribution in [0.5, 0.6) is 5.75 Å². The molecular weight excluding hydrogens is 160 g/mol. The van der Waals surface area contributed by atoms with Crippen LogP contribution in [0.1, 0.15) is 31.4 Å². The van der Waals surface area contributed by atoms with Crippen LogP contribution in [0.15, 0.2) is 24.3 Å². The third-order valence-electron chi connectivity index (χ3n) is 2.69. The van der Waals surface area contributed by atoms with Crippen molar-refractivity contribution >= 4 is 6.08 Å². The molecule has 13 heavy (non-hydrogen) atoms. The van der Waals surface area contributed by atoms with Gasteiger partial charge in [0.2, 0.25) is 0 Å². The van der Waals surface area contributed by atoms with Gasteiger partial charge in [-0.15, -0.1) is 0 Å². The second kappa shape index (κ2) is 2.63. The predicted octanol–water partition coefficient (Wildman–Crippen LogP) is 3.09. The van der Waals surface area contributed by atoms with Crippen molar-refractivity contribution in [1.29, 1.82) is 0 Å². The highest BCUT2D eigenvalue weighted by Gasteiger charge is 2.24. The van der Waals surface area contributed by atoms with Gasteiger partial charge in [0.1, 0.15) is 5.75 Å². The molecule has 0 aromatic heterocycles. The maximum Gasteiger partial charge on any atom is 0.115 e. The zero-order chi connectivity index (χ0) is 9.47. The summed E-state index contributed by atoms with van der Waals surface area (Å²) in [7, 11) is 0. The average Bonchev–Trinajstić information content (AvgIpc) is 2.06. The van der Waals surface area contributed by atoms with Crippen LogP contribution in [-0.4, -0.2) is 5.11 Å². The summed E-state index contributed by atoms with van der Waals surface area (Å²) in [5, 5.41) is 9.40. The second-order valence-corrected chi connectivity index (χ2v) is 4.26. The van der Waals surface area contributed by atoms with Crippen molar-refractivity contribution in [1.82, 2.24) is 0 Å². The summed E-state index contributed by atoms with van der Waals surface area (Å²) in [6.07, 6.45) is 5.36. The summed E-state index contributed by atoms with van der Waals surface area (Å²) in [5.41, 5.74) is 2.63. The van der Waals surface area contributed by atoms with Crippen molar-refractivity contribution in [3.63, 3.8) is 0 Å². The Balaban J connectivity index is 2.62. The lowest BCUT2D eigenvalue weighted by Crippen LogP contribution is -2.19. The molecule has 0 saturated heterocycles. The van der Waals surface area contributed by atoms with E-state index in [2.05, 4.69) is 26.0 Å². The van der Waals surface area contributed by atoms with E-state index in [1.165, 1.54) is 11.1 Å². The Morgan fingerprint density at radius 1 is 1.31 bits per heavy atom. The van der Waals surface area contributed by atoms with Crippen molar-refractivity contribution in [3.05, 3.63) is 35.4 Å². The van der Waals surface area contributed by atoms with Crippen LogP contribution < -0.4 is 0 Å². The van der Waals surface area contributed by atoms with Crippen molar-refractivity contribution in [2.75, 3.05) is 0 Å². The first-order chi connectivity index (χ1) is 6.09. The van der Waals surface area contributed by atoms with Crippen LogP contribution in [0, 0.1) is 0 Å². The first-order valence-electron chi connectivity index (χ1n) is 4.60. The van der Waals surface area contributed by atoms with Crippen molar-refractivity contribution in [2.24, 2.45) is 0 Å². The number of aromatic hydroxyl groups is 1. The molecule has 0 unspecified atom stereocenters. The van der Waals surface area contributed by atoms with Gasteiger partial charge in [-0.2, -0.15) is 0 Å². The SMILES string of the molecule is CC1(C)CC=Cc2ccc(O)cc21. The Labute approximate surface area is 78.7 Å². The Kier molecular flexibility index (Phi) is 1.69. The molecule has 1 nitrogen and oxygen atoms in total. The fourth-order valence-electron chi connectivity index (χ4n) is 1.87. The minimum Gasteiger partial charge on any atom is -0.508 e. The normalized spacial score (nSPS) is 18.3. The fraction of sp³-hybridized carbons (Fsp3) is 0.333. The predicted molar refractivity (Wildman–Crippen MR) is 54.8 cm³/mol. The van der Waals surface area contributed by atoms with Crippen molar-refractivity contribution in [2.45, 2.75) is 25.7 Å². The Morgan fingerprint density at radius 2 is 2.08 bits per heavy atom. The molecule has 0 atom stereocenters. The third kappa shape index (κ3) is 1.35. The van der Waals surface area contributed by atoms with Gasteiger partial charge in [0.05, 0.1) is 0 Å². The smallest absolute Gasteiger partial charge is 0.115 e. The summed E-state index contributed by atoms with van der Waals surface area (Å²) < 4.78 is 0. The molecular formula is C12H14O. The number of fused-ring (bicyclic) bond motifs is 1. The summed E-state index contributed by atoms with van der Waals surface area (Å²) in [6, 6.07) is 5.59. The van der Waals surface area contributed by atoms with E-state index in [4.69, 9.17) is 0 Å². The number of allylic oxidation sites excluding steroid dienone is 1. The largest absolute Gasteiger partial charge is 0.508 e. The molecule has 1 heteroatoms. The summed E-state index contributed by atoms with van der Waals surface area (Å²) in [5.74, 6) is 0.363. The van der Waals surface area contributed by atoms with Gasteiger partial charge in [-0.25, -0.2) is 0 Å². The van der Waals surface area contributed by atoms with Crippen molar-refractivity contribution in [3.8, 4) is 5.75 Å². The lowest BCUT2D eigenvalue weighted by atomic mass is 9.76. The van der Waals surface area contributed by atoms with Crippen LogP contribution in [0.2, 0.25) is 0 Å². The molecule has 0 radical (unpaired) electrons. The lowest BCUT2D eigenvalue weighted by Gasteiger charge is -2.29. The molecule has 68 valence electrons. The van der Waals surface area contributed by atoms with Crippen LogP contribution in [0.3, 0.4) is 0 Å². The highest BCUT2D eigenvalue weighted by molar-refractivity contribution is 5.60. The highest BCUT2D eigenvalue weighted by Crippen LogP contribution is 2.36. The van der Waals surface area contributed by atoms with E-state index < -0.39 is 0 Å².